The lowest BCUT2D eigenvalue weighted by Crippen LogP contribution is -2.04. The molecule has 1 aromatic heterocycles. The molecule has 0 unspecified atom stereocenters. The molecule has 3 rings (SSSR count). The van der Waals surface area contributed by atoms with Gasteiger partial charge < -0.3 is 10.1 Å². The van der Waals surface area contributed by atoms with E-state index in [2.05, 4.69) is 21.4 Å². The second-order valence-electron chi connectivity index (χ2n) is 6.10. The van der Waals surface area contributed by atoms with E-state index in [1.165, 1.54) is 19.3 Å². The standard InChI is InChI=1S/C21H25N3O/c1(3-10-16-25-18-11-5-4-6-12-18)2-9-15-22-21-19-13-7-8-14-20(19)23-17-24-21/h4-8,11-14,17H,1-3,9-10,15-16H2,(H,22,23,24). The second-order valence-corrected chi connectivity index (χ2v) is 6.10. The summed E-state index contributed by atoms with van der Waals surface area (Å²) in [5.41, 5.74) is 0.985. The number of ether oxygens (including phenoxy) is 1. The maximum Gasteiger partial charge on any atom is 0.137 e. The molecule has 1 N–H and O–H groups in total. The Morgan fingerprint density at radius 2 is 1.52 bits per heavy atom. The molecule has 0 aliphatic rings. The average molecular weight is 335 g/mol. The minimum atomic E-state index is 0.801. The molecule has 0 spiro atoms. The fourth-order valence-electron chi connectivity index (χ4n) is 2.82. The normalized spacial score (nSPS) is 10.7. The van der Waals surface area contributed by atoms with Crippen molar-refractivity contribution >= 4 is 16.7 Å². The molecule has 0 saturated carbocycles. The zero-order chi connectivity index (χ0) is 17.2. The summed E-state index contributed by atoms with van der Waals surface area (Å²) < 4.78 is 5.71. The molecular formula is C21H25N3O. The maximum atomic E-state index is 5.71. The van der Waals surface area contributed by atoms with Crippen LogP contribution in [0.5, 0.6) is 5.75 Å². The smallest absolute Gasteiger partial charge is 0.137 e. The van der Waals surface area contributed by atoms with Crippen molar-refractivity contribution in [1.82, 2.24) is 9.97 Å². The number of nitrogens with one attached hydrogen (secondary N) is 1. The zero-order valence-electron chi connectivity index (χ0n) is 14.5. The Labute approximate surface area is 149 Å². The van der Waals surface area contributed by atoms with Crippen LogP contribution in [0.4, 0.5) is 5.82 Å². The summed E-state index contributed by atoms with van der Waals surface area (Å²) in [5, 5.41) is 4.52. The third-order valence-electron chi connectivity index (χ3n) is 4.17. The number of fused-ring (bicyclic) bond motifs is 1. The van der Waals surface area contributed by atoms with Gasteiger partial charge in [-0.15, -0.1) is 0 Å². The van der Waals surface area contributed by atoms with Gasteiger partial charge in [-0.3, -0.25) is 0 Å². The van der Waals surface area contributed by atoms with Crippen molar-refractivity contribution in [1.29, 1.82) is 0 Å². The Morgan fingerprint density at radius 3 is 2.44 bits per heavy atom. The van der Waals surface area contributed by atoms with Crippen molar-refractivity contribution in [2.24, 2.45) is 0 Å². The molecule has 0 saturated heterocycles. The van der Waals surface area contributed by atoms with Crippen LogP contribution in [-0.4, -0.2) is 23.1 Å². The first-order chi connectivity index (χ1) is 12.4. The highest BCUT2D eigenvalue weighted by molar-refractivity contribution is 5.88. The van der Waals surface area contributed by atoms with E-state index < -0.39 is 0 Å². The number of hydrogen-bond donors (Lipinski definition) is 1. The molecule has 0 aliphatic heterocycles. The van der Waals surface area contributed by atoms with Crippen LogP contribution in [0.15, 0.2) is 60.9 Å². The summed E-state index contributed by atoms with van der Waals surface area (Å²) in [6.07, 6.45) is 7.56. The number of anilines is 1. The lowest BCUT2D eigenvalue weighted by atomic mass is 10.1. The van der Waals surface area contributed by atoms with E-state index in [9.17, 15) is 0 Å². The molecule has 0 aliphatic carbocycles. The van der Waals surface area contributed by atoms with Crippen molar-refractivity contribution in [3.05, 3.63) is 60.9 Å². The molecule has 3 aromatic rings. The molecule has 0 atom stereocenters. The molecule has 0 fully saturated rings. The van der Waals surface area contributed by atoms with Crippen LogP contribution in [-0.2, 0) is 0 Å². The van der Waals surface area contributed by atoms with E-state index >= 15 is 0 Å². The summed E-state index contributed by atoms with van der Waals surface area (Å²) in [5.74, 6) is 1.89. The van der Waals surface area contributed by atoms with Gasteiger partial charge in [0.2, 0.25) is 0 Å². The second kappa shape index (κ2) is 9.62. The summed E-state index contributed by atoms with van der Waals surface area (Å²) in [7, 11) is 0. The van der Waals surface area contributed by atoms with Gasteiger partial charge in [-0.1, -0.05) is 49.6 Å². The van der Waals surface area contributed by atoms with Gasteiger partial charge in [0.15, 0.2) is 0 Å². The summed E-state index contributed by atoms with van der Waals surface area (Å²) in [6, 6.07) is 18.1. The van der Waals surface area contributed by atoms with Crippen LogP contribution in [0.3, 0.4) is 0 Å². The topological polar surface area (TPSA) is 47.0 Å². The minimum Gasteiger partial charge on any atom is -0.494 e. The van der Waals surface area contributed by atoms with Crippen molar-refractivity contribution < 1.29 is 4.74 Å². The third-order valence-corrected chi connectivity index (χ3v) is 4.17. The Bertz CT molecular complexity index is 756. The fourth-order valence-corrected chi connectivity index (χ4v) is 2.82. The number of rotatable bonds is 10. The van der Waals surface area contributed by atoms with Crippen LogP contribution in [0.2, 0.25) is 0 Å². The molecule has 0 bridgehead atoms. The number of aromatic nitrogens is 2. The van der Waals surface area contributed by atoms with Crippen LogP contribution in [0.25, 0.3) is 10.9 Å². The Balaban J connectivity index is 1.26. The molecular weight excluding hydrogens is 310 g/mol. The Hall–Kier alpha value is -2.62. The van der Waals surface area contributed by atoms with E-state index in [0.717, 1.165) is 48.5 Å². The van der Waals surface area contributed by atoms with Crippen LogP contribution in [0.1, 0.15) is 32.1 Å². The van der Waals surface area contributed by atoms with Gasteiger partial charge in [0.05, 0.1) is 12.1 Å². The first-order valence-electron chi connectivity index (χ1n) is 9.05. The van der Waals surface area contributed by atoms with E-state index in [4.69, 9.17) is 4.74 Å². The van der Waals surface area contributed by atoms with E-state index in [-0.39, 0.29) is 0 Å². The van der Waals surface area contributed by atoms with Crippen molar-refractivity contribution in [3.63, 3.8) is 0 Å². The lowest BCUT2D eigenvalue weighted by molar-refractivity contribution is 0.304. The highest BCUT2D eigenvalue weighted by atomic mass is 16.5. The number of hydrogen-bond acceptors (Lipinski definition) is 4. The van der Waals surface area contributed by atoms with Crippen LogP contribution >= 0.6 is 0 Å². The number of unbranched alkanes of at least 4 members (excludes halogenated alkanes) is 4. The number of para-hydroxylation sites is 2. The molecule has 4 nitrogen and oxygen atoms in total. The quantitative estimate of drug-likeness (QED) is 0.525. The van der Waals surface area contributed by atoms with E-state index in [0.29, 0.717) is 0 Å². The van der Waals surface area contributed by atoms with Gasteiger partial charge in [-0.2, -0.15) is 0 Å². The lowest BCUT2D eigenvalue weighted by Gasteiger charge is -2.08. The van der Waals surface area contributed by atoms with Gasteiger partial charge in [0.1, 0.15) is 17.9 Å². The number of benzene rings is 2. The predicted octanol–water partition coefficient (Wildman–Crippen LogP) is 5.07. The highest BCUT2D eigenvalue weighted by Crippen LogP contribution is 2.18. The fraction of sp³-hybridized carbons (Fsp3) is 0.333. The Kier molecular flexibility index (Phi) is 6.62. The monoisotopic (exact) mass is 335 g/mol. The van der Waals surface area contributed by atoms with Crippen molar-refractivity contribution in [2.75, 3.05) is 18.5 Å². The molecule has 0 amide bonds. The predicted molar refractivity (Wildman–Crippen MR) is 103 cm³/mol. The largest absolute Gasteiger partial charge is 0.494 e. The first-order valence-corrected chi connectivity index (χ1v) is 9.05. The maximum absolute atomic E-state index is 5.71. The van der Waals surface area contributed by atoms with Crippen LogP contribution in [0, 0.1) is 0 Å². The van der Waals surface area contributed by atoms with Gasteiger partial charge in [-0.05, 0) is 37.1 Å². The molecule has 25 heavy (non-hydrogen) atoms. The van der Waals surface area contributed by atoms with E-state index in [1.54, 1.807) is 6.33 Å². The first kappa shape index (κ1) is 17.2. The molecule has 2 aromatic carbocycles. The van der Waals surface area contributed by atoms with Gasteiger partial charge in [-0.25, -0.2) is 9.97 Å². The van der Waals surface area contributed by atoms with Crippen molar-refractivity contribution in [3.8, 4) is 5.75 Å². The molecule has 4 heteroatoms. The molecule has 0 radical (unpaired) electrons. The summed E-state index contributed by atoms with van der Waals surface area (Å²) in [6.45, 7) is 1.75. The van der Waals surface area contributed by atoms with Crippen LogP contribution < -0.4 is 10.1 Å². The summed E-state index contributed by atoms with van der Waals surface area (Å²) >= 11 is 0. The highest BCUT2D eigenvalue weighted by Gasteiger charge is 2.01. The third kappa shape index (κ3) is 5.45. The van der Waals surface area contributed by atoms with Gasteiger partial charge in [0, 0.05) is 11.9 Å². The van der Waals surface area contributed by atoms with Gasteiger partial charge >= 0.3 is 0 Å². The minimum absolute atomic E-state index is 0.801. The Morgan fingerprint density at radius 1 is 0.760 bits per heavy atom. The van der Waals surface area contributed by atoms with Gasteiger partial charge in [0.25, 0.3) is 0 Å². The zero-order valence-corrected chi connectivity index (χ0v) is 14.5. The molecule has 130 valence electrons. The summed E-state index contributed by atoms with van der Waals surface area (Å²) in [4.78, 5) is 8.64. The molecule has 1 heterocycles. The van der Waals surface area contributed by atoms with Crippen molar-refractivity contribution in [2.45, 2.75) is 32.1 Å². The van der Waals surface area contributed by atoms with E-state index in [1.807, 2.05) is 48.5 Å². The SMILES string of the molecule is c1ccc(OCCCCCCCNc2ncnc3ccccc23)cc1. The average Bonchev–Trinajstić information content (AvgIpc) is 2.67. The number of nitrogens with zero attached hydrogens (tertiary/aromatic N) is 2.